The van der Waals surface area contributed by atoms with E-state index in [1.165, 1.54) is 11.8 Å². The fraction of sp³-hybridized carbons (Fsp3) is 0.778. The number of carbonyl (C=O) groups excluding carboxylic acids is 1. The summed E-state index contributed by atoms with van der Waals surface area (Å²) in [6.07, 6.45) is 2.30. The molecule has 0 saturated heterocycles. The monoisotopic (exact) mass is 226 g/mol. The van der Waals surface area contributed by atoms with Crippen molar-refractivity contribution >= 4 is 17.5 Å². The van der Waals surface area contributed by atoms with Gasteiger partial charge in [0.05, 0.1) is 11.8 Å². The maximum atomic E-state index is 11.4. The number of rotatable bonds is 5. The molecule has 0 unspecified atom stereocenters. The minimum absolute atomic E-state index is 0.0859. The van der Waals surface area contributed by atoms with Gasteiger partial charge in [-0.05, 0) is 23.3 Å². The molecule has 0 atom stereocenters. The number of thioether (sulfide) groups is 1. The van der Waals surface area contributed by atoms with Crippen LogP contribution in [-0.4, -0.2) is 31.7 Å². The van der Waals surface area contributed by atoms with Crippen molar-refractivity contribution in [2.45, 2.75) is 37.9 Å². The smallest absolute Gasteiger partial charge is 0.210 e. The Morgan fingerprint density at radius 3 is 2.93 bits per heavy atom. The first-order valence-electron chi connectivity index (χ1n) is 5.12. The molecule has 5 nitrogen and oxygen atoms in total. The lowest BCUT2D eigenvalue weighted by atomic mass is 10.1. The molecule has 0 amide bonds. The van der Waals surface area contributed by atoms with Crippen molar-refractivity contribution in [3.63, 3.8) is 0 Å². The number of hydrogen-bond acceptors (Lipinski definition) is 5. The molecule has 2 rings (SSSR count). The van der Waals surface area contributed by atoms with Crippen LogP contribution in [0.5, 0.6) is 0 Å². The molecule has 1 aromatic heterocycles. The highest BCUT2D eigenvalue weighted by Crippen LogP contribution is 2.36. The standard InChI is InChI=1S/C9H14N4OS/c1-6(2)8(14)5-15-9-10-11-12-13(9)7-3-4-7/h6-7H,3-5H2,1-2H3. The summed E-state index contributed by atoms with van der Waals surface area (Å²) in [6.45, 7) is 3.82. The molecule has 1 fully saturated rings. The van der Waals surface area contributed by atoms with E-state index in [-0.39, 0.29) is 11.7 Å². The topological polar surface area (TPSA) is 60.7 Å². The van der Waals surface area contributed by atoms with Gasteiger partial charge in [-0.25, -0.2) is 4.68 Å². The van der Waals surface area contributed by atoms with E-state index < -0.39 is 0 Å². The van der Waals surface area contributed by atoms with Crippen molar-refractivity contribution in [2.24, 2.45) is 5.92 Å². The fourth-order valence-corrected chi connectivity index (χ4v) is 2.15. The van der Waals surface area contributed by atoms with Crippen molar-refractivity contribution in [3.05, 3.63) is 0 Å². The average Bonchev–Trinajstić information content (AvgIpc) is 2.94. The van der Waals surface area contributed by atoms with E-state index in [0.717, 1.165) is 18.0 Å². The Labute approximate surface area is 92.6 Å². The Kier molecular flexibility index (Phi) is 3.04. The van der Waals surface area contributed by atoms with Crippen LogP contribution in [-0.2, 0) is 4.79 Å². The Balaban J connectivity index is 1.93. The van der Waals surface area contributed by atoms with Crippen LogP contribution in [0, 0.1) is 5.92 Å². The quantitative estimate of drug-likeness (QED) is 0.709. The van der Waals surface area contributed by atoms with E-state index in [0.29, 0.717) is 11.8 Å². The number of hydrogen-bond donors (Lipinski definition) is 0. The fourth-order valence-electron chi connectivity index (χ4n) is 1.13. The zero-order chi connectivity index (χ0) is 10.8. The molecule has 1 saturated carbocycles. The molecule has 1 aliphatic carbocycles. The van der Waals surface area contributed by atoms with Crippen molar-refractivity contribution in [1.29, 1.82) is 0 Å². The van der Waals surface area contributed by atoms with Gasteiger partial charge in [0.15, 0.2) is 0 Å². The lowest BCUT2D eigenvalue weighted by Gasteiger charge is -2.03. The summed E-state index contributed by atoms with van der Waals surface area (Å²) in [5.74, 6) is 0.790. The highest BCUT2D eigenvalue weighted by molar-refractivity contribution is 7.99. The Hall–Kier alpha value is -0.910. The SMILES string of the molecule is CC(C)C(=O)CSc1nnnn1C1CC1. The molecule has 6 heteroatoms. The number of tetrazole rings is 1. The van der Waals surface area contributed by atoms with Crippen LogP contribution in [0.3, 0.4) is 0 Å². The first kappa shape index (κ1) is 10.6. The van der Waals surface area contributed by atoms with Crippen LogP contribution in [0.2, 0.25) is 0 Å². The van der Waals surface area contributed by atoms with E-state index in [9.17, 15) is 4.79 Å². The minimum atomic E-state index is 0.0859. The number of ketones is 1. The van der Waals surface area contributed by atoms with Gasteiger partial charge in [0.25, 0.3) is 0 Å². The third kappa shape index (κ3) is 2.56. The normalized spacial score (nSPS) is 15.9. The Bertz CT molecular complexity index is 359. The van der Waals surface area contributed by atoms with E-state index in [1.807, 2.05) is 18.5 Å². The molecular formula is C9H14N4OS. The van der Waals surface area contributed by atoms with Crippen molar-refractivity contribution in [1.82, 2.24) is 20.2 Å². The van der Waals surface area contributed by atoms with Gasteiger partial charge >= 0.3 is 0 Å². The van der Waals surface area contributed by atoms with E-state index in [4.69, 9.17) is 0 Å². The zero-order valence-corrected chi connectivity index (χ0v) is 9.70. The van der Waals surface area contributed by atoms with E-state index >= 15 is 0 Å². The molecule has 1 aromatic rings. The second-order valence-electron chi connectivity index (χ2n) is 4.05. The maximum Gasteiger partial charge on any atom is 0.210 e. The lowest BCUT2D eigenvalue weighted by Crippen LogP contribution is -2.10. The maximum absolute atomic E-state index is 11.4. The summed E-state index contributed by atoms with van der Waals surface area (Å²) >= 11 is 1.44. The summed E-state index contributed by atoms with van der Waals surface area (Å²) in [4.78, 5) is 11.4. The Morgan fingerprint density at radius 2 is 2.33 bits per heavy atom. The van der Waals surface area contributed by atoms with Crippen LogP contribution < -0.4 is 0 Å². The van der Waals surface area contributed by atoms with Gasteiger partial charge in [-0.2, -0.15) is 0 Å². The van der Waals surface area contributed by atoms with Crippen molar-refractivity contribution in [3.8, 4) is 0 Å². The van der Waals surface area contributed by atoms with Gasteiger partial charge in [-0.1, -0.05) is 25.6 Å². The van der Waals surface area contributed by atoms with Gasteiger partial charge in [0.2, 0.25) is 5.16 Å². The third-order valence-electron chi connectivity index (χ3n) is 2.34. The highest BCUT2D eigenvalue weighted by Gasteiger charge is 2.28. The van der Waals surface area contributed by atoms with E-state index in [1.54, 1.807) is 0 Å². The second kappa shape index (κ2) is 4.30. The molecule has 0 spiro atoms. The van der Waals surface area contributed by atoms with Gasteiger partial charge in [0, 0.05) is 5.92 Å². The second-order valence-corrected chi connectivity index (χ2v) is 4.99. The van der Waals surface area contributed by atoms with Crippen LogP contribution in [0.1, 0.15) is 32.7 Å². The van der Waals surface area contributed by atoms with Crippen LogP contribution in [0.25, 0.3) is 0 Å². The number of carbonyl (C=O) groups is 1. The first-order chi connectivity index (χ1) is 7.18. The lowest BCUT2D eigenvalue weighted by molar-refractivity contribution is -0.119. The third-order valence-corrected chi connectivity index (χ3v) is 3.30. The highest BCUT2D eigenvalue weighted by atomic mass is 32.2. The predicted molar refractivity (Wildman–Crippen MR) is 56.7 cm³/mol. The van der Waals surface area contributed by atoms with Crippen LogP contribution in [0.15, 0.2) is 5.16 Å². The molecule has 0 aromatic carbocycles. The summed E-state index contributed by atoms with van der Waals surface area (Å²) < 4.78 is 1.83. The predicted octanol–water partition coefficient (Wildman–Crippen LogP) is 1.33. The van der Waals surface area contributed by atoms with Gasteiger partial charge in [-0.3, -0.25) is 4.79 Å². The molecule has 0 bridgehead atoms. The number of Topliss-reactive ketones (excluding diaryl/α,β-unsaturated/α-hetero) is 1. The number of nitrogens with zero attached hydrogens (tertiary/aromatic N) is 4. The van der Waals surface area contributed by atoms with Crippen LogP contribution in [0.4, 0.5) is 0 Å². The van der Waals surface area contributed by atoms with Crippen molar-refractivity contribution in [2.75, 3.05) is 5.75 Å². The Morgan fingerprint density at radius 1 is 1.60 bits per heavy atom. The van der Waals surface area contributed by atoms with Gasteiger partial charge in [0.1, 0.15) is 5.78 Å². The molecule has 0 radical (unpaired) electrons. The molecule has 82 valence electrons. The first-order valence-corrected chi connectivity index (χ1v) is 6.10. The summed E-state index contributed by atoms with van der Waals surface area (Å²) in [5.41, 5.74) is 0. The van der Waals surface area contributed by atoms with Gasteiger partial charge in [-0.15, -0.1) is 5.10 Å². The summed E-state index contributed by atoms with van der Waals surface area (Å²) in [6, 6.07) is 0.469. The van der Waals surface area contributed by atoms with Crippen LogP contribution >= 0.6 is 11.8 Å². The molecular weight excluding hydrogens is 212 g/mol. The summed E-state index contributed by atoms with van der Waals surface area (Å²) in [5, 5.41) is 12.3. The van der Waals surface area contributed by atoms with E-state index in [2.05, 4.69) is 15.5 Å². The molecule has 1 heterocycles. The molecule has 1 aliphatic rings. The van der Waals surface area contributed by atoms with Gasteiger partial charge < -0.3 is 0 Å². The molecule has 0 aliphatic heterocycles. The largest absolute Gasteiger partial charge is 0.298 e. The minimum Gasteiger partial charge on any atom is -0.298 e. The number of aromatic nitrogens is 4. The summed E-state index contributed by atoms with van der Waals surface area (Å²) in [7, 11) is 0. The average molecular weight is 226 g/mol. The molecule has 15 heavy (non-hydrogen) atoms. The van der Waals surface area contributed by atoms with Crippen molar-refractivity contribution < 1.29 is 4.79 Å². The zero-order valence-electron chi connectivity index (χ0n) is 8.88. The molecule has 0 N–H and O–H groups in total.